The van der Waals surface area contributed by atoms with Crippen LogP contribution in [-0.4, -0.2) is 19.1 Å². The van der Waals surface area contributed by atoms with Crippen molar-refractivity contribution in [1.82, 2.24) is 19.1 Å². The monoisotopic (exact) mass is 220 g/mol. The molecule has 6 nitrogen and oxygen atoms in total. The van der Waals surface area contributed by atoms with Crippen molar-refractivity contribution in [2.75, 3.05) is 0 Å². The van der Waals surface area contributed by atoms with Crippen LogP contribution < -0.4 is 11.2 Å². The largest absolute Gasteiger partial charge is 0.332 e. The van der Waals surface area contributed by atoms with E-state index in [9.17, 15) is 9.59 Å². The lowest BCUT2D eigenvalue weighted by Gasteiger charge is -2.06. The normalized spacial score (nSPS) is 10.9. The molecule has 2 aromatic heterocycles. The Bertz CT molecular complexity index is 669. The van der Waals surface area contributed by atoms with Crippen LogP contribution in [-0.2, 0) is 20.5 Å². The molecular formula is C10H12N4O2. The van der Waals surface area contributed by atoms with Gasteiger partial charge in [-0.1, -0.05) is 6.92 Å². The van der Waals surface area contributed by atoms with Gasteiger partial charge in [0.05, 0.1) is 5.69 Å². The van der Waals surface area contributed by atoms with Gasteiger partial charge >= 0.3 is 5.69 Å². The Balaban J connectivity index is 3.03. The Labute approximate surface area is 91.2 Å². The van der Waals surface area contributed by atoms with E-state index in [0.29, 0.717) is 12.1 Å². The summed E-state index contributed by atoms with van der Waals surface area (Å²) in [4.78, 5) is 31.7. The van der Waals surface area contributed by atoms with Crippen molar-refractivity contribution in [3.8, 4) is 0 Å². The molecule has 0 atom stereocenters. The molecule has 16 heavy (non-hydrogen) atoms. The van der Waals surface area contributed by atoms with Gasteiger partial charge in [0, 0.05) is 20.3 Å². The highest BCUT2D eigenvalue weighted by Gasteiger charge is 2.10. The number of rotatable bonds is 1. The Morgan fingerprint density at radius 1 is 1.25 bits per heavy atom. The van der Waals surface area contributed by atoms with Gasteiger partial charge in [0.2, 0.25) is 0 Å². The molecule has 0 N–H and O–H groups in total. The van der Waals surface area contributed by atoms with Crippen molar-refractivity contribution in [2.24, 2.45) is 14.1 Å². The maximum Gasteiger partial charge on any atom is 0.332 e. The van der Waals surface area contributed by atoms with Gasteiger partial charge in [-0.05, 0) is 6.42 Å². The highest BCUT2D eigenvalue weighted by molar-refractivity contribution is 5.68. The second kappa shape index (κ2) is 3.55. The number of hydrogen-bond acceptors (Lipinski definition) is 4. The Kier molecular flexibility index (Phi) is 2.34. The molecular weight excluding hydrogens is 208 g/mol. The van der Waals surface area contributed by atoms with Crippen LogP contribution in [0.25, 0.3) is 11.2 Å². The number of hydrogen-bond donors (Lipinski definition) is 0. The molecule has 6 heteroatoms. The summed E-state index contributed by atoms with van der Waals surface area (Å²) >= 11 is 0. The summed E-state index contributed by atoms with van der Waals surface area (Å²) in [6.45, 7) is 1.94. The maximum atomic E-state index is 11.7. The molecule has 2 heterocycles. The highest BCUT2D eigenvalue weighted by atomic mass is 16.2. The molecule has 0 aliphatic rings. The van der Waals surface area contributed by atoms with E-state index < -0.39 is 5.56 Å². The summed E-state index contributed by atoms with van der Waals surface area (Å²) in [5, 5.41) is 0. The van der Waals surface area contributed by atoms with Crippen LogP contribution in [0.3, 0.4) is 0 Å². The first-order valence-corrected chi connectivity index (χ1v) is 4.98. The third kappa shape index (κ3) is 1.34. The van der Waals surface area contributed by atoms with Gasteiger partial charge in [-0.3, -0.25) is 13.9 Å². The number of nitrogens with zero attached hydrogens (tertiary/aromatic N) is 4. The average Bonchev–Trinajstić information content (AvgIpc) is 2.33. The minimum Gasteiger partial charge on any atom is -0.279 e. The van der Waals surface area contributed by atoms with E-state index in [1.165, 1.54) is 11.6 Å². The molecule has 0 bridgehead atoms. The zero-order chi connectivity index (χ0) is 11.9. The lowest BCUT2D eigenvalue weighted by molar-refractivity contribution is 0.702. The fourth-order valence-electron chi connectivity index (χ4n) is 1.53. The minimum atomic E-state index is -0.409. The molecule has 0 aliphatic carbocycles. The molecule has 0 aromatic carbocycles. The maximum absolute atomic E-state index is 11.7. The predicted molar refractivity (Wildman–Crippen MR) is 59.4 cm³/mol. The van der Waals surface area contributed by atoms with Crippen LogP contribution in [0.2, 0.25) is 0 Å². The van der Waals surface area contributed by atoms with Crippen LogP contribution >= 0.6 is 0 Å². The van der Waals surface area contributed by atoms with E-state index in [-0.39, 0.29) is 11.2 Å². The Morgan fingerprint density at radius 3 is 2.56 bits per heavy atom. The van der Waals surface area contributed by atoms with E-state index in [2.05, 4.69) is 9.97 Å². The third-order valence-corrected chi connectivity index (χ3v) is 2.56. The zero-order valence-corrected chi connectivity index (χ0v) is 9.39. The van der Waals surface area contributed by atoms with Crippen LogP contribution in [0.4, 0.5) is 0 Å². The van der Waals surface area contributed by atoms with Crippen molar-refractivity contribution < 1.29 is 0 Å². The molecule has 84 valence electrons. The van der Waals surface area contributed by atoms with Crippen molar-refractivity contribution in [2.45, 2.75) is 13.3 Å². The van der Waals surface area contributed by atoms with Crippen molar-refractivity contribution in [3.63, 3.8) is 0 Å². The summed E-state index contributed by atoms with van der Waals surface area (Å²) in [6, 6.07) is 0. The van der Waals surface area contributed by atoms with Gasteiger partial charge in [0.15, 0.2) is 11.2 Å². The first-order valence-electron chi connectivity index (χ1n) is 4.98. The van der Waals surface area contributed by atoms with E-state index >= 15 is 0 Å². The van der Waals surface area contributed by atoms with Crippen LogP contribution in [0, 0.1) is 0 Å². The zero-order valence-electron chi connectivity index (χ0n) is 9.39. The molecule has 0 spiro atoms. The summed E-state index contributed by atoms with van der Waals surface area (Å²) in [5.41, 5.74) is 0.526. The average molecular weight is 220 g/mol. The third-order valence-electron chi connectivity index (χ3n) is 2.56. The number of aryl methyl sites for hydroxylation is 2. The topological polar surface area (TPSA) is 69.8 Å². The molecule has 0 fully saturated rings. The first-order chi connectivity index (χ1) is 7.56. The van der Waals surface area contributed by atoms with Crippen LogP contribution in [0.1, 0.15) is 12.6 Å². The summed E-state index contributed by atoms with van der Waals surface area (Å²) in [7, 11) is 3.01. The molecule has 0 amide bonds. The fraction of sp³-hybridized carbons (Fsp3) is 0.400. The van der Waals surface area contributed by atoms with E-state index in [4.69, 9.17) is 0 Å². The Morgan fingerprint density at radius 2 is 1.94 bits per heavy atom. The molecule has 2 rings (SSSR count). The minimum absolute atomic E-state index is 0.224. The van der Waals surface area contributed by atoms with Crippen molar-refractivity contribution >= 4 is 11.2 Å². The molecule has 0 aliphatic heterocycles. The summed E-state index contributed by atoms with van der Waals surface area (Å²) in [5.74, 6) is 0. The quantitative estimate of drug-likeness (QED) is 0.655. The van der Waals surface area contributed by atoms with E-state index in [1.807, 2.05) is 6.92 Å². The van der Waals surface area contributed by atoms with Gasteiger partial charge < -0.3 is 0 Å². The summed E-state index contributed by atoms with van der Waals surface area (Å²) in [6.07, 6.45) is 2.28. The second-order valence-electron chi connectivity index (χ2n) is 3.59. The summed E-state index contributed by atoms with van der Waals surface area (Å²) < 4.78 is 2.37. The van der Waals surface area contributed by atoms with Gasteiger partial charge in [0.1, 0.15) is 0 Å². The SMILES string of the molecule is CCc1cnc2c(=O)n(C)c(=O)n(C)c2n1. The standard InChI is InChI=1S/C10H12N4O2/c1-4-6-5-11-7-8(12-6)13(2)10(16)14(3)9(7)15/h5H,4H2,1-3H3. The van der Waals surface area contributed by atoms with Crippen LogP contribution in [0.5, 0.6) is 0 Å². The highest BCUT2D eigenvalue weighted by Crippen LogP contribution is 2.02. The fourth-order valence-corrected chi connectivity index (χ4v) is 1.53. The van der Waals surface area contributed by atoms with Gasteiger partial charge in [-0.25, -0.2) is 14.8 Å². The molecule has 0 saturated heterocycles. The van der Waals surface area contributed by atoms with Crippen molar-refractivity contribution in [1.29, 1.82) is 0 Å². The molecule has 2 aromatic rings. The van der Waals surface area contributed by atoms with Crippen molar-refractivity contribution in [3.05, 3.63) is 32.7 Å². The van der Waals surface area contributed by atoms with E-state index in [1.54, 1.807) is 13.2 Å². The molecule has 0 unspecified atom stereocenters. The van der Waals surface area contributed by atoms with E-state index in [0.717, 1.165) is 10.3 Å². The second-order valence-corrected chi connectivity index (χ2v) is 3.59. The number of fused-ring (bicyclic) bond motifs is 1. The Hall–Kier alpha value is -1.98. The van der Waals surface area contributed by atoms with Gasteiger partial charge in [0.25, 0.3) is 5.56 Å². The lowest BCUT2D eigenvalue weighted by atomic mass is 10.3. The lowest BCUT2D eigenvalue weighted by Crippen LogP contribution is -2.37. The predicted octanol–water partition coefficient (Wildman–Crippen LogP) is -0.410. The first kappa shape index (κ1) is 10.5. The smallest absolute Gasteiger partial charge is 0.279 e. The van der Waals surface area contributed by atoms with Gasteiger partial charge in [-0.15, -0.1) is 0 Å². The van der Waals surface area contributed by atoms with Crippen LogP contribution in [0.15, 0.2) is 15.8 Å². The molecule has 0 radical (unpaired) electrons. The number of aromatic nitrogens is 4. The molecule has 0 saturated carbocycles. The van der Waals surface area contributed by atoms with Gasteiger partial charge in [-0.2, -0.15) is 0 Å².